The van der Waals surface area contributed by atoms with E-state index in [4.69, 9.17) is 28.3 Å². The molecule has 0 N–H and O–H groups in total. The van der Waals surface area contributed by atoms with Crippen molar-refractivity contribution in [3.63, 3.8) is 0 Å². The van der Waals surface area contributed by atoms with Gasteiger partial charge in [0.15, 0.2) is 0 Å². The molecule has 4 aliphatic rings. The van der Waals surface area contributed by atoms with Crippen molar-refractivity contribution >= 4 is 45.2 Å². The van der Waals surface area contributed by atoms with Gasteiger partial charge in [-0.25, -0.2) is 4.68 Å². The summed E-state index contributed by atoms with van der Waals surface area (Å²) in [6.07, 6.45) is 13.3. The Morgan fingerprint density at radius 2 is 1.61 bits per heavy atom. The summed E-state index contributed by atoms with van der Waals surface area (Å²) in [7, 11) is 0. The van der Waals surface area contributed by atoms with E-state index in [1.807, 2.05) is 16.8 Å². The van der Waals surface area contributed by atoms with Crippen molar-refractivity contribution in [1.82, 2.24) is 9.78 Å². The average molecular weight is 542 g/mol. The topological polar surface area (TPSA) is 17.8 Å². The second kappa shape index (κ2) is 8.29. The van der Waals surface area contributed by atoms with E-state index >= 15 is 0 Å². The normalized spacial score (nSPS) is 28.2. The van der Waals surface area contributed by atoms with Crippen LogP contribution in [-0.4, -0.2) is 9.78 Å². The van der Waals surface area contributed by atoms with Crippen LogP contribution in [-0.2, 0) is 0 Å². The molecular weight excluding hydrogens is 515 g/mol. The van der Waals surface area contributed by atoms with Crippen LogP contribution in [0.5, 0.6) is 0 Å². The zero-order valence-electron chi connectivity index (χ0n) is 18.7. The Morgan fingerprint density at radius 3 is 2.21 bits per heavy atom. The van der Waals surface area contributed by atoms with Crippen molar-refractivity contribution in [2.75, 3.05) is 0 Å². The van der Waals surface area contributed by atoms with E-state index in [0.717, 1.165) is 44.9 Å². The lowest BCUT2D eigenvalue weighted by Gasteiger charge is -2.55. The molecule has 2 aromatic carbocycles. The second-order valence-corrected chi connectivity index (χ2v) is 12.2. The third-order valence-electron chi connectivity index (χ3n) is 8.09. The molecule has 5 heteroatoms. The van der Waals surface area contributed by atoms with Crippen LogP contribution < -0.4 is 0 Å². The zero-order valence-corrected chi connectivity index (χ0v) is 21.8. The van der Waals surface area contributed by atoms with Crippen LogP contribution in [0, 0.1) is 30.1 Å². The van der Waals surface area contributed by atoms with Crippen LogP contribution in [0.2, 0.25) is 10.0 Å². The first kappa shape index (κ1) is 21.9. The van der Waals surface area contributed by atoms with Crippen molar-refractivity contribution in [3.05, 3.63) is 74.3 Å². The summed E-state index contributed by atoms with van der Waals surface area (Å²) >= 11 is 16.4. The van der Waals surface area contributed by atoms with Gasteiger partial charge in [-0.1, -0.05) is 57.3 Å². The minimum absolute atomic E-state index is 0.376. The molecule has 4 saturated carbocycles. The first-order valence-electron chi connectivity index (χ1n) is 11.9. The van der Waals surface area contributed by atoms with Gasteiger partial charge in [-0.15, -0.1) is 0 Å². The molecule has 2 nitrogen and oxygen atoms in total. The highest BCUT2D eigenvalue weighted by Crippen LogP contribution is 2.60. The molecule has 0 saturated heterocycles. The van der Waals surface area contributed by atoms with Crippen LogP contribution in [0.15, 0.2) is 53.0 Å². The van der Waals surface area contributed by atoms with E-state index in [1.165, 1.54) is 44.1 Å². The molecule has 0 amide bonds. The van der Waals surface area contributed by atoms with Crippen LogP contribution in [0.1, 0.15) is 49.8 Å². The Balaban J connectivity index is 1.44. The number of hydrogen-bond acceptors (Lipinski definition) is 1. The number of rotatable bonds is 4. The molecule has 4 bridgehead atoms. The Bertz CT molecular complexity index is 1210. The van der Waals surface area contributed by atoms with Crippen molar-refractivity contribution in [3.8, 4) is 16.9 Å². The predicted octanol–water partition coefficient (Wildman–Crippen LogP) is 9.15. The molecular formula is C28H27BrCl2N2. The summed E-state index contributed by atoms with van der Waals surface area (Å²) in [5.74, 6) is 2.81. The van der Waals surface area contributed by atoms with Crippen LogP contribution in [0.4, 0.5) is 0 Å². The largest absolute Gasteiger partial charge is 0.231 e. The quantitative estimate of drug-likeness (QED) is 0.322. The first-order chi connectivity index (χ1) is 15.9. The predicted molar refractivity (Wildman–Crippen MR) is 141 cm³/mol. The van der Waals surface area contributed by atoms with Crippen molar-refractivity contribution < 1.29 is 0 Å². The molecule has 0 spiro atoms. The summed E-state index contributed by atoms with van der Waals surface area (Å²) in [5, 5.41) is 6.30. The van der Waals surface area contributed by atoms with E-state index < -0.39 is 0 Å². The lowest BCUT2D eigenvalue weighted by molar-refractivity contribution is -0.0233. The number of hydrogen-bond donors (Lipinski definition) is 0. The maximum Gasteiger partial charge on any atom is 0.0888 e. The molecule has 0 aliphatic heterocycles. The summed E-state index contributed by atoms with van der Waals surface area (Å²) in [6.45, 7) is 2.17. The molecule has 33 heavy (non-hydrogen) atoms. The van der Waals surface area contributed by atoms with Gasteiger partial charge in [0.05, 0.1) is 22.1 Å². The summed E-state index contributed by atoms with van der Waals surface area (Å²) in [6, 6.07) is 14.0. The fourth-order valence-electron chi connectivity index (χ4n) is 7.08. The van der Waals surface area contributed by atoms with Crippen LogP contribution >= 0.6 is 39.1 Å². The number of benzene rings is 2. The van der Waals surface area contributed by atoms with Crippen LogP contribution in [0.25, 0.3) is 23.0 Å². The average Bonchev–Trinajstić information content (AvgIpc) is 3.08. The van der Waals surface area contributed by atoms with Crippen molar-refractivity contribution in [1.29, 1.82) is 0 Å². The van der Waals surface area contributed by atoms with Gasteiger partial charge < -0.3 is 0 Å². The minimum Gasteiger partial charge on any atom is -0.231 e. The third-order valence-corrected chi connectivity index (χ3v) is 9.16. The fraction of sp³-hybridized carbons (Fsp3) is 0.393. The van der Waals surface area contributed by atoms with Crippen molar-refractivity contribution in [2.24, 2.45) is 23.2 Å². The van der Waals surface area contributed by atoms with E-state index in [2.05, 4.69) is 59.3 Å². The molecule has 1 aromatic heterocycles. The molecule has 0 unspecified atom stereocenters. The smallest absolute Gasteiger partial charge is 0.0888 e. The fourth-order valence-corrected chi connectivity index (χ4v) is 7.84. The van der Waals surface area contributed by atoms with E-state index in [-0.39, 0.29) is 0 Å². The third kappa shape index (κ3) is 4.00. The molecule has 3 aromatic rings. The van der Waals surface area contributed by atoms with Gasteiger partial charge in [-0.3, -0.25) is 0 Å². The molecule has 170 valence electrons. The Hall–Kier alpha value is -1.55. The van der Waals surface area contributed by atoms with Gasteiger partial charge >= 0.3 is 0 Å². The Kier molecular flexibility index (Phi) is 5.51. The molecule has 1 heterocycles. The van der Waals surface area contributed by atoms with E-state index in [9.17, 15) is 0 Å². The van der Waals surface area contributed by atoms with Gasteiger partial charge in [0, 0.05) is 20.6 Å². The summed E-state index contributed by atoms with van der Waals surface area (Å²) in [5.41, 5.74) is 5.59. The maximum atomic E-state index is 6.63. The molecule has 4 aliphatic carbocycles. The lowest BCUT2D eigenvalue weighted by atomic mass is 9.49. The number of nitrogens with zero attached hydrogens (tertiary/aromatic N) is 2. The molecule has 0 atom stereocenters. The maximum absolute atomic E-state index is 6.63. The molecule has 4 fully saturated rings. The van der Waals surface area contributed by atoms with E-state index in [1.54, 1.807) is 6.07 Å². The SMILES string of the molecule is Cc1c(/C=C/C23CC4CC(CC(C4)C2)C3)nn(-c2ccc(Cl)cc2Cl)c1-c1ccc(Br)cc1. The highest BCUT2D eigenvalue weighted by atomic mass is 79.9. The molecule has 7 rings (SSSR count). The number of allylic oxidation sites excluding steroid dienone is 1. The Labute approximate surface area is 214 Å². The zero-order chi connectivity index (χ0) is 22.7. The Morgan fingerprint density at radius 1 is 0.970 bits per heavy atom. The van der Waals surface area contributed by atoms with Gasteiger partial charge in [-0.05, 0) is 105 Å². The first-order valence-corrected chi connectivity index (χ1v) is 13.4. The minimum atomic E-state index is 0.376. The van der Waals surface area contributed by atoms with Gasteiger partial charge in [0.25, 0.3) is 0 Å². The highest BCUT2D eigenvalue weighted by molar-refractivity contribution is 9.10. The van der Waals surface area contributed by atoms with Gasteiger partial charge in [-0.2, -0.15) is 5.10 Å². The number of halogens is 3. The standard InChI is InChI=1S/C28H27BrCl2N2/c1-17-25(8-9-28-14-18-10-19(15-28)12-20(11-18)16-28)32-33(26-7-6-23(30)13-24(26)31)27(17)21-2-4-22(29)5-3-21/h2-9,13,18-20H,10-12,14-16H2,1H3/b9-8+. The summed E-state index contributed by atoms with van der Waals surface area (Å²) < 4.78 is 3.04. The highest BCUT2D eigenvalue weighted by Gasteiger charge is 2.49. The monoisotopic (exact) mass is 540 g/mol. The van der Waals surface area contributed by atoms with Crippen LogP contribution in [0.3, 0.4) is 0 Å². The van der Waals surface area contributed by atoms with Gasteiger partial charge in [0.1, 0.15) is 0 Å². The second-order valence-electron chi connectivity index (χ2n) is 10.5. The summed E-state index contributed by atoms with van der Waals surface area (Å²) in [4.78, 5) is 0. The van der Waals surface area contributed by atoms with Gasteiger partial charge in [0.2, 0.25) is 0 Å². The van der Waals surface area contributed by atoms with Crippen molar-refractivity contribution in [2.45, 2.75) is 45.4 Å². The lowest BCUT2D eigenvalue weighted by Crippen LogP contribution is -2.44. The van der Waals surface area contributed by atoms with E-state index in [0.29, 0.717) is 15.5 Å². The molecule has 0 radical (unpaired) electrons. The number of aromatic nitrogens is 2.